The zero-order valence-corrected chi connectivity index (χ0v) is 11.2. The van der Waals surface area contributed by atoms with Crippen LogP contribution in [0.25, 0.3) is 0 Å². The van der Waals surface area contributed by atoms with Gasteiger partial charge in [-0.2, -0.15) is 11.8 Å². The smallest absolute Gasteiger partial charge is 0.228 e. The number of carbonyl (C=O) groups is 1. The fraction of sp³-hybridized carbons (Fsp3) is 0.600. The molecule has 1 rings (SSSR count). The molecule has 90 valence electrons. The van der Waals surface area contributed by atoms with E-state index in [1.165, 1.54) is 0 Å². The van der Waals surface area contributed by atoms with Gasteiger partial charge in [-0.3, -0.25) is 4.79 Å². The highest BCUT2D eigenvalue weighted by atomic mass is 32.2. The number of rotatable bonds is 6. The van der Waals surface area contributed by atoms with Crippen LogP contribution in [-0.2, 0) is 17.0 Å². The molecule has 0 aliphatic heterocycles. The lowest BCUT2D eigenvalue weighted by atomic mass is 10.4. The minimum absolute atomic E-state index is 0.0931. The van der Waals surface area contributed by atoms with E-state index in [9.17, 15) is 4.79 Å². The van der Waals surface area contributed by atoms with Crippen molar-refractivity contribution < 1.29 is 4.79 Å². The highest BCUT2D eigenvalue weighted by Gasteiger charge is 2.09. The van der Waals surface area contributed by atoms with Gasteiger partial charge in [0.05, 0.1) is 12.1 Å². The van der Waals surface area contributed by atoms with Crippen LogP contribution in [0.1, 0.15) is 10.7 Å². The predicted molar refractivity (Wildman–Crippen MR) is 69.7 cm³/mol. The Bertz CT molecular complexity index is 339. The fourth-order valence-electron chi connectivity index (χ4n) is 1.04. The second kappa shape index (κ2) is 6.88. The van der Waals surface area contributed by atoms with Crippen molar-refractivity contribution in [2.75, 3.05) is 26.4 Å². The maximum Gasteiger partial charge on any atom is 0.228 e. The third-order valence-corrected chi connectivity index (χ3v) is 3.83. The lowest BCUT2D eigenvalue weighted by Gasteiger charge is -2.07. The van der Waals surface area contributed by atoms with Crippen molar-refractivity contribution in [3.8, 4) is 0 Å². The van der Waals surface area contributed by atoms with E-state index in [0.717, 1.165) is 22.2 Å². The van der Waals surface area contributed by atoms with E-state index in [1.807, 2.05) is 5.38 Å². The Labute approximate surface area is 104 Å². The zero-order valence-electron chi connectivity index (χ0n) is 9.60. The molecular formula is C10H17N3OS2. The Balaban J connectivity index is 2.42. The molecule has 1 amide bonds. The van der Waals surface area contributed by atoms with Gasteiger partial charge in [-0.1, -0.05) is 0 Å². The third-order valence-electron chi connectivity index (χ3n) is 1.91. The summed E-state index contributed by atoms with van der Waals surface area (Å²) in [5.41, 5.74) is 6.45. The molecule has 0 aliphatic rings. The molecule has 1 heterocycles. The van der Waals surface area contributed by atoms with E-state index >= 15 is 0 Å². The molecule has 0 aromatic carbocycles. The first-order chi connectivity index (χ1) is 7.63. The Morgan fingerprint density at radius 2 is 2.38 bits per heavy atom. The van der Waals surface area contributed by atoms with Crippen molar-refractivity contribution in [2.45, 2.75) is 12.2 Å². The van der Waals surface area contributed by atoms with Crippen LogP contribution < -0.4 is 5.73 Å². The van der Waals surface area contributed by atoms with Crippen LogP contribution in [0.2, 0.25) is 0 Å². The fourth-order valence-corrected chi connectivity index (χ4v) is 2.60. The highest BCUT2D eigenvalue weighted by Crippen LogP contribution is 2.16. The molecule has 4 nitrogen and oxygen atoms in total. The first kappa shape index (κ1) is 13.5. The summed E-state index contributed by atoms with van der Waals surface area (Å²) >= 11 is 3.32. The predicted octanol–water partition coefficient (Wildman–Crippen LogP) is 0.966. The van der Waals surface area contributed by atoms with E-state index in [1.54, 1.807) is 42.1 Å². The summed E-state index contributed by atoms with van der Waals surface area (Å²) in [4.78, 5) is 17.5. The zero-order chi connectivity index (χ0) is 12.0. The average molecular weight is 259 g/mol. The Morgan fingerprint density at radius 3 is 3.00 bits per heavy atom. The van der Waals surface area contributed by atoms with Gasteiger partial charge < -0.3 is 10.6 Å². The second-order valence-corrected chi connectivity index (χ2v) is 5.59. The first-order valence-corrected chi connectivity index (χ1v) is 7.08. The number of hydrogen-bond donors (Lipinski definition) is 1. The summed E-state index contributed by atoms with van der Waals surface area (Å²) < 4.78 is 0. The van der Waals surface area contributed by atoms with Crippen molar-refractivity contribution >= 4 is 29.0 Å². The standard InChI is InChI=1S/C10H17N3OS2/c1-13(2)10(14)5-9-12-8(7-16-9)6-15-4-3-11/h7H,3-6,11H2,1-2H3. The molecule has 0 atom stereocenters. The van der Waals surface area contributed by atoms with Gasteiger partial charge in [-0.25, -0.2) is 4.98 Å². The summed E-state index contributed by atoms with van der Waals surface area (Å²) in [5.74, 6) is 1.92. The number of thiazole rings is 1. The molecule has 16 heavy (non-hydrogen) atoms. The van der Waals surface area contributed by atoms with Crippen molar-refractivity contribution in [1.82, 2.24) is 9.88 Å². The molecule has 0 saturated carbocycles. The van der Waals surface area contributed by atoms with Crippen molar-refractivity contribution in [3.05, 3.63) is 16.1 Å². The summed E-state index contributed by atoms with van der Waals surface area (Å²) in [5, 5.41) is 2.91. The van der Waals surface area contributed by atoms with Crippen LogP contribution in [-0.4, -0.2) is 42.2 Å². The van der Waals surface area contributed by atoms with Gasteiger partial charge in [0.15, 0.2) is 0 Å². The van der Waals surface area contributed by atoms with Crippen molar-refractivity contribution in [1.29, 1.82) is 0 Å². The summed E-state index contributed by atoms with van der Waals surface area (Å²) in [6.45, 7) is 0.695. The molecule has 0 aliphatic carbocycles. The minimum Gasteiger partial charge on any atom is -0.348 e. The molecule has 0 unspecified atom stereocenters. The lowest BCUT2D eigenvalue weighted by Crippen LogP contribution is -2.23. The minimum atomic E-state index is 0.0931. The van der Waals surface area contributed by atoms with Crippen LogP contribution in [0.4, 0.5) is 0 Å². The topological polar surface area (TPSA) is 59.2 Å². The first-order valence-electron chi connectivity index (χ1n) is 5.04. The van der Waals surface area contributed by atoms with Gasteiger partial charge in [0, 0.05) is 37.5 Å². The van der Waals surface area contributed by atoms with Crippen molar-refractivity contribution in [2.24, 2.45) is 5.73 Å². The normalized spacial score (nSPS) is 10.4. The molecule has 0 fully saturated rings. The molecular weight excluding hydrogens is 242 g/mol. The quantitative estimate of drug-likeness (QED) is 0.773. The molecule has 0 radical (unpaired) electrons. The molecule has 6 heteroatoms. The van der Waals surface area contributed by atoms with Gasteiger partial charge in [-0.15, -0.1) is 11.3 Å². The number of nitrogens with two attached hydrogens (primary N) is 1. The Hall–Kier alpha value is -0.590. The SMILES string of the molecule is CN(C)C(=O)Cc1nc(CSCCN)cs1. The van der Waals surface area contributed by atoms with Crippen LogP contribution in [0, 0.1) is 0 Å². The monoisotopic (exact) mass is 259 g/mol. The summed E-state index contributed by atoms with van der Waals surface area (Å²) in [6, 6.07) is 0. The average Bonchev–Trinajstić information content (AvgIpc) is 2.66. The van der Waals surface area contributed by atoms with Gasteiger partial charge in [0.1, 0.15) is 5.01 Å². The van der Waals surface area contributed by atoms with E-state index in [2.05, 4.69) is 4.98 Å². The van der Waals surface area contributed by atoms with Gasteiger partial charge >= 0.3 is 0 Å². The molecule has 0 bridgehead atoms. The van der Waals surface area contributed by atoms with E-state index < -0.39 is 0 Å². The van der Waals surface area contributed by atoms with Crippen LogP contribution in [0.15, 0.2) is 5.38 Å². The molecule has 0 spiro atoms. The lowest BCUT2D eigenvalue weighted by molar-refractivity contribution is -0.127. The summed E-state index contributed by atoms with van der Waals surface area (Å²) in [7, 11) is 3.52. The summed E-state index contributed by atoms with van der Waals surface area (Å²) in [6.07, 6.45) is 0.402. The number of likely N-dealkylation sites (N-methyl/N-ethyl adjacent to an activating group) is 1. The Morgan fingerprint density at radius 1 is 1.62 bits per heavy atom. The highest BCUT2D eigenvalue weighted by molar-refractivity contribution is 7.98. The van der Waals surface area contributed by atoms with E-state index in [4.69, 9.17) is 5.73 Å². The maximum absolute atomic E-state index is 11.5. The Kier molecular flexibility index (Phi) is 5.79. The van der Waals surface area contributed by atoms with E-state index in [0.29, 0.717) is 13.0 Å². The largest absolute Gasteiger partial charge is 0.348 e. The van der Waals surface area contributed by atoms with Crippen LogP contribution in [0.5, 0.6) is 0 Å². The number of carbonyl (C=O) groups excluding carboxylic acids is 1. The number of amides is 1. The van der Waals surface area contributed by atoms with Gasteiger partial charge in [0.2, 0.25) is 5.91 Å². The molecule has 1 aromatic heterocycles. The number of hydrogen-bond acceptors (Lipinski definition) is 5. The van der Waals surface area contributed by atoms with Gasteiger partial charge in [-0.05, 0) is 0 Å². The van der Waals surface area contributed by atoms with Gasteiger partial charge in [0.25, 0.3) is 0 Å². The van der Waals surface area contributed by atoms with Crippen molar-refractivity contribution in [3.63, 3.8) is 0 Å². The number of thioether (sulfide) groups is 1. The molecule has 2 N–H and O–H groups in total. The molecule has 1 aromatic rings. The number of nitrogens with zero attached hydrogens (tertiary/aromatic N) is 2. The molecule has 0 saturated heterocycles. The second-order valence-electron chi connectivity index (χ2n) is 3.54. The third kappa shape index (κ3) is 4.51. The van der Waals surface area contributed by atoms with Crippen LogP contribution >= 0.6 is 23.1 Å². The van der Waals surface area contributed by atoms with Crippen LogP contribution in [0.3, 0.4) is 0 Å². The number of aromatic nitrogens is 1. The maximum atomic E-state index is 11.5. The van der Waals surface area contributed by atoms with E-state index in [-0.39, 0.29) is 5.91 Å².